The van der Waals surface area contributed by atoms with Crippen LogP contribution in [0.3, 0.4) is 0 Å². The number of rotatable bonds is 2. The average Bonchev–Trinajstić information content (AvgIpc) is 2.68. The fourth-order valence-corrected chi connectivity index (χ4v) is 3.15. The summed E-state index contributed by atoms with van der Waals surface area (Å²) in [4.78, 5) is 4.26. The lowest BCUT2D eigenvalue weighted by molar-refractivity contribution is 0.778. The molecule has 2 aromatic heterocycles. The van der Waals surface area contributed by atoms with E-state index in [4.69, 9.17) is 0 Å². The van der Waals surface area contributed by atoms with E-state index >= 15 is 0 Å². The summed E-state index contributed by atoms with van der Waals surface area (Å²) in [5, 5.41) is 2.09. The fourth-order valence-electron chi connectivity index (χ4n) is 1.07. The van der Waals surface area contributed by atoms with Crippen molar-refractivity contribution >= 4 is 72.4 Å². The van der Waals surface area contributed by atoms with E-state index in [9.17, 15) is 0 Å². The monoisotopic (exact) mass is 494 g/mol. The van der Waals surface area contributed by atoms with E-state index in [1.807, 2.05) is 6.33 Å². The summed E-state index contributed by atoms with van der Waals surface area (Å²) >= 11 is 9.81. The van der Waals surface area contributed by atoms with Gasteiger partial charge in [0.1, 0.15) is 7.40 Å². The van der Waals surface area contributed by atoms with Crippen molar-refractivity contribution in [1.29, 1.82) is 0 Å². The minimum atomic E-state index is 0.887. The summed E-state index contributed by atoms with van der Waals surface area (Å²) < 4.78 is 5.61. The molecule has 0 N–H and O–H groups in total. The van der Waals surface area contributed by atoms with Crippen molar-refractivity contribution in [2.24, 2.45) is 0 Å². The Morgan fingerprint density at radius 2 is 2.29 bits per heavy atom. The molecule has 0 saturated carbocycles. The van der Waals surface area contributed by atoms with Crippen LogP contribution in [0.25, 0.3) is 0 Å². The quantitative estimate of drug-likeness (QED) is 0.578. The van der Waals surface area contributed by atoms with Gasteiger partial charge in [-0.3, -0.25) is 0 Å². The summed E-state index contributed by atoms with van der Waals surface area (Å²) in [5.41, 5.74) is 1.31. The topological polar surface area (TPSA) is 17.8 Å². The summed E-state index contributed by atoms with van der Waals surface area (Å²) in [6.07, 6.45) is 1.88. The fraction of sp³-hybridized carbons (Fsp3) is 0.125. The van der Waals surface area contributed by atoms with Crippen LogP contribution in [0.15, 0.2) is 21.6 Å². The van der Waals surface area contributed by atoms with Crippen LogP contribution in [0.5, 0.6) is 0 Å². The Labute approximate surface area is 122 Å². The Kier molecular flexibility index (Phi) is 3.88. The van der Waals surface area contributed by atoms with Crippen LogP contribution < -0.4 is 0 Å². The summed E-state index contributed by atoms with van der Waals surface area (Å²) in [6.45, 7) is 0.887. The third-order valence-corrected chi connectivity index (χ3v) is 6.53. The Bertz CT molecular complexity index is 452. The molecule has 0 aliphatic carbocycles. The van der Waals surface area contributed by atoms with E-state index in [0.717, 1.165) is 10.2 Å². The van der Waals surface area contributed by atoms with E-state index in [1.165, 1.54) is 13.1 Å². The van der Waals surface area contributed by atoms with Gasteiger partial charge in [0.15, 0.2) is 0 Å². The Morgan fingerprint density at radius 3 is 2.79 bits per heavy atom. The van der Waals surface area contributed by atoms with Crippen LogP contribution in [0.4, 0.5) is 0 Å². The molecule has 0 radical (unpaired) electrons. The molecule has 0 aliphatic rings. The van der Waals surface area contributed by atoms with Crippen molar-refractivity contribution in [3.63, 3.8) is 0 Å². The molecule has 0 amide bonds. The zero-order valence-corrected chi connectivity index (χ0v) is 13.6. The Hall–Kier alpha value is 0.850. The number of nitrogens with zero attached hydrogens (tertiary/aromatic N) is 2. The summed E-state index contributed by atoms with van der Waals surface area (Å²) in [6, 6.07) is 2.14. The molecule has 0 spiro atoms. The van der Waals surface area contributed by atoms with E-state index in [2.05, 4.69) is 82.1 Å². The van der Waals surface area contributed by atoms with Crippen LogP contribution in [0, 0.1) is 7.40 Å². The van der Waals surface area contributed by atoms with Gasteiger partial charge in [0.2, 0.25) is 0 Å². The first-order valence-corrected chi connectivity index (χ1v) is 7.59. The minimum Gasteiger partial charge on any atom is -0.321 e. The van der Waals surface area contributed by atoms with Crippen molar-refractivity contribution in [3.05, 3.63) is 34.5 Å². The second kappa shape index (κ2) is 4.79. The predicted molar refractivity (Wildman–Crippen MR) is 78.8 cm³/mol. The highest BCUT2D eigenvalue weighted by atomic mass is 127. The van der Waals surface area contributed by atoms with E-state index in [1.54, 1.807) is 11.3 Å². The molecule has 6 heteroatoms. The maximum atomic E-state index is 4.26. The van der Waals surface area contributed by atoms with Gasteiger partial charge >= 0.3 is 0 Å². The van der Waals surface area contributed by atoms with Crippen molar-refractivity contribution in [3.8, 4) is 0 Å². The molecule has 0 unspecified atom stereocenters. The predicted octanol–water partition coefficient (Wildman–Crippen LogP) is 3.96. The molecule has 2 aromatic rings. The van der Waals surface area contributed by atoms with Gasteiger partial charge < -0.3 is 4.57 Å². The Balaban J connectivity index is 2.27. The molecule has 0 bridgehead atoms. The second-order valence-corrected chi connectivity index (χ2v) is 6.95. The standard InChI is InChI=1S/C8H5BrI2N2S/c9-6-5(1-2-14-6)3-13-4-12-7(10)8(13)11/h1-2,4H,3H2. The third-order valence-electron chi connectivity index (χ3n) is 1.77. The number of imidazole rings is 1. The van der Waals surface area contributed by atoms with Crippen molar-refractivity contribution in [2.45, 2.75) is 6.54 Å². The lowest BCUT2D eigenvalue weighted by Gasteiger charge is -2.02. The van der Waals surface area contributed by atoms with Gasteiger partial charge in [-0.05, 0) is 78.1 Å². The molecule has 74 valence electrons. The highest BCUT2D eigenvalue weighted by Gasteiger charge is 2.07. The van der Waals surface area contributed by atoms with E-state index < -0.39 is 0 Å². The average molecular weight is 495 g/mol. The molecule has 0 fully saturated rings. The molecule has 0 atom stereocenters. The number of hydrogen-bond donors (Lipinski definition) is 0. The first-order valence-electron chi connectivity index (χ1n) is 3.76. The highest BCUT2D eigenvalue weighted by molar-refractivity contribution is 14.1. The highest BCUT2D eigenvalue weighted by Crippen LogP contribution is 2.25. The van der Waals surface area contributed by atoms with Gasteiger partial charge in [-0.15, -0.1) is 11.3 Å². The van der Waals surface area contributed by atoms with Crippen molar-refractivity contribution < 1.29 is 0 Å². The normalized spacial score (nSPS) is 10.8. The molecule has 2 nitrogen and oxygen atoms in total. The lowest BCUT2D eigenvalue weighted by atomic mass is 10.3. The molecule has 0 aromatic carbocycles. The van der Waals surface area contributed by atoms with Crippen LogP contribution in [0.1, 0.15) is 5.56 Å². The maximum absolute atomic E-state index is 4.26. The molecule has 0 aliphatic heterocycles. The largest absolute Gasteiger partial charge is 0.321 e. The SMILES string of the molecule is Brc1sccc1Cn1cnc(I)c1I. The van der Waals surface area contributed by atoms with Crippen molar-refractivity contribution in [2.75, 3.05) is 0 Å². The number of hydrogen-bond acceptors (Lipinski definition) is 2. The van der Waals surface area contributed by atoms with Crippen LogP contribution in [-0.4, -0.2) is 9.55 Å². The zero-order valence-electron chi connectivity index (χ0n) is 6.88. The number of halogens is 3. The third kappa shape index (κ3) is 2.33. The van der Waals surface area contributed by atoms with Gasteiger partial charge in [-0.2, -0.15) is 0 Å². The van der Waals surface area contributed by atoms with E-state index in [-0.39, 0.29) is 0 Å². The van der Waals surface area contributed by atoms with Gasteiger partial charge in [-0.25, -0.2) is 4.98 Å². The lowest BCUT2D eigenvalue weighted by Crippen LogP contribution is -1.99. The van der Waals surface area contributed by atoms with Crippen LogP contribution >= 0.6 is 72.4 Å². The zero-order chi connectivity index (χ0) is 10.1. The molecule has 0 saturated heterocycles. The first kappa shape index (κ1) is 11.3. The summed E-state index contributed by atoms with van der Waals surface area (Å²) in [7, 11) is 0. The second-order valence-electron chi connectivity index (χ2n) is 2.67. The van der Waals surface area contributed by atoms with Crippen LogP contribution in [0.2, 0.25) is 0 Å². The van der Waals surface area contributed by atoms with Gasteiger partial charge in [-0.1, -0.05) is 0 Å². The summed E-state index contributed by atoms with van der Waals surface area (Å²) in [5.74, 6) is 0. The molecular weight excluding hydrogens is 490 g/mol. The number of thiophene rings is 1. The smallest absolute Gasteiger partial charge is 0.132 e. The minimum absolute atomic E-state index is 0.887. The van der Waals surface area contributed by atoms with E-state index in [0.29, 0.717) is 0 Å². The van der Waals surface area contributed by atoms with Gasteiger partial charge in [0.25, 0.3) is 0 Å². The van der Waals surface area contributed by atoms with Gasteiger partial charge in [0, 0.05) is 0 Å². The van der Waals surface area contributed by atoms with Crippen LogP contribution in [-0.2, 0) is 6.54 Å². The molecule has 2 heterocycles. The molecule has 2 rings (SSSR count). The molecular formula is C8H5BrI2N2S. The van der Waals surface area contributed by atoms with Gasteiger partial charge in [0.05, 0.1) is 16.7 Å². The number of aromatic nitrogens is 2. The van der Waals surface area contributed by atoms with Crippen molar-refractivity contribution in [1.82, 2.24) is 9.55 Å². The maximum Gasteiger partial charge on any atom is 0.132 e. The Morgan fingerprint density at radius 1 is 1.50 bits per heavy atom. The first-order chi connectivity index (χ1) is 6.68. The molecule has 14 heavy (non-hydrogen) atoms.